The van der Waals surface area contributed by atoms with Crippen molar-refractivity contribution in [2.45, 2.75) is 44.0 Å². The lowest BCUT2D eigenvalue weighted by Gasteiger charge is -2.25. The van der Waals surface area contributed by atoms with Gasteiger partial charge in [-0.25, -0.2) is 0 Å². The summed E-state index contributed by atoms with van der Waals surface area (Å²) in [6.07, 6.45) is 2.82. The second-order valence-corrected chi connectivity index (χ2v) is 9.56. The summed E-state index contributed by atoms with van der Waals surface area (Å²) in [6, 6.07) is 5.89. The van der Waals surface area contributed by atoms with Crippen molar-refractivity contribution in [2.75, 3.05) is 11.9 Å². The van der Waals surface area contributed by atoms with Gasteiger partial charge in [-0.05, 0) is 30.4 Å². The van der Waals surface area contributed by atoms with Crippen LogP contribution in [-0.4, -0.2) is 43.4 Å². The Morgan fingerprint density at radius 2 is 1.93 bits per heavy atom. The molecule has 1 aliphatic carbocycles. The van der Waals surface area contributed by atoms with Gasteiger partial charge < -0.3 is 10.2 Å². The fraction of sp³-hybridized carbons (Fsp3) is 0.526. The minimum atomic E-state index is -3.94. The SMILES string of the molecule is CC(C)CN1C(=O)C(C2=NS(=O)(=O)c3ccccc3N2)C(=O)[C@@H]1CC1CC1. The topological polar surface area (TPSA) is 95.9 Å². The minimum absolute atomic E-state index is 0.0558. The van der Waals surface area contributed by atoms with Crippen LogP contribution in [0.1, 0.15) is 33.1 Å². The molecule has 27 heavy (non-hydrogen) atoms. The number of rotatable bonds is 5. The van der Waals surface area contributed by atoms with Crippen LogP contribution in [0.25, 0.3) is 0 Å². The van der Waals surface area contributed by atoms with Gasteiger partial charge in [0.15, 0.2) is 11.7 Å². The monoisotopic (exact) mass is 389 g/mol. The number of likely N-dealkylation sites (tertiary alicyclic amines) is 1. The number of hydrogen-bond donors (Lipinski definition) is 1. The zero-order chi connectivity index (χ0) is 19.3. The lowest BCUT2D eigenvalue weighted by Crippen LogP contribution is -2.39. The zero-order valence-electron chi connectivity index (χ0n) is 15.4. The molecule has 1 unspecified atom stereocenters. The van der Waals surface area contributed by atoms with E-state index in [1.165, 1.54) is 6.07 Å². The summed E-state index contributed by atoms with van der Waals surface area (Å²) in [4.78, 5) is 27.9. The molecule has 0 bridgehead atoms. The molecule has 1 aromatic carbocycles. The highest BCUT2D eigenvalue weighted by molar-refractivity contribution is 7.90. The number of amidine groups is 1. The Morgan fingerprint density at radius 1 is 1.22 bits per heavy atom. The molecule has 4 rings (SSSR count). The van der Waals surface area contributed by atoms with E-state index in [4.69, 9.17) is 0 Å². The molecular formula is C19H23N3O4S. The molecule has 0 spiro atoms. The van der Waals surface area contributed by atoms with E-state index in [1.54, 1.807) is 23.1 Å². The third-order valence-electron chi connectivity index (χ3n) is 5.25. The van der Waals surface area contributed by atoms with E-state index in [2.05, 4.69) is 9.71 Å². The molecule has 0 aromatic heterocycles. The van der Waals surface area contributed by atoms with Crippen LogP contribution in [0.3, 0.4) is 0 Å². The lowest BCUT2D eigenvalue weighted by atomic mass is 9.98. The number of hydrogen-bond acceptors (Lipinski definition) is 5. The molecule has 3 aliphatic rings. The Hall–Kier alpha value is -2.22. The first-order valence-corrected chi connectivity index (χ1v) is 10.8. The van der Waals surface area contributed by atoms with Crippen molar-refractivity contribution in [1.29, 1.82) is 0 Å². The number of nitrogens with one attached hydrogen (secondary N) is 1. The average Bonchev–Trinajstić information content (AvgIpc) is 3.37. The Bertz CT molecular complexity index is 912. The van der Waals surface area contributed by atoms with Crippen LogP contribution in [0.5, 0.6) is 0 Å². The number of fused-ring (bicyclic) bond motifs is 1. The maximum Gasteiger partial charge on any atom is 0.286 e. The molecule has 1 amide bonds. The summed E-state index contributed by atoms with van der Waals surface area (Å²) in [5.74, 6) is -1.14. The number of Topliss-reactive ketones (excluding diaryl/α,β-unsaturated/α-hetero) is 1. The number of benzene rings is 1. The van der Waals surface area contributed by atoms with Crippen LogP contribution in [0.4, 0.5) is 5.69 Å². The number of carbonyl (C=O) groups excluding carboxylic acids is 2. The van der Waals surface area contributed by atoms with Crippen molar-refractivity contribution in [3.8, 4) is 0 Å². The second kappa shape index (κ2) is 6.44. The van der Waals surface area contributed by atoms with Gasteiger partial charge in [0.25, 0.3) is 10.0 Å². The number of para-hydroxylation sites is 1. The smallest absolute Gasteiger partial charge is 0.286 e. The van der Waals surface area contributed by atoms with E-state index in [0.717, 1.165) is 12.8 Å². The quantitative estimate of drug-likeness (QED) is 0.778. The van der Waals surface area contributed by atoms with Crippen molar-refractivity contribution in [2.24, 2.45) is 22.2 Å². The first kappa shape index (κ1) is 18.2. The van der Waals surface area contributed by atoms with Crippen LogP contribution < -0.4 is 5.32 Å². The predicted octanol–water partition coefficient (Wildman–Crippen LogP) is 2.05. The highest BCUT2D eigenvalue weighted by Gasteiger charge is 2.52. The Kier molecular flexibility index (Phi) is 4.33. The molecule has 144 valence electrons. The highest BCUT2D eigenvalue weighted by atomic mass is 32.2. The van der Waals surface area contributed by atoms with Crippen molar-refractivity contribution >= 4 is 33.2 Å². The van der Waals surface area contributed by atoms with Crippen molar-refractivity contribution in [3.63, 3.8) is 0 Å². The standard InChI is InChI=1S/C19H23N3O4S/c1-11(2)10-22-14(9-12-7-8-12)17(23)16(19(22)24)18-20-13-5-3-4-6-15(13)27(25,26)21-18/h3-6,11-12,14,16H,7-10H2,1-2H3,(H,20,21)/t14-,16?/m0/s1. The van der Waals surface area contributed by atoms with Gasteiger partial charge in [0.2, 0.25) is 5.91 Å². The predicted molar refractivity (Wildman–Crippen MR) is 101 cm³/mol. The second-order valence-electron chi connectivity index (χ2n) is 7.99. The molecule has 2 heterocycles. The maximum atomic E-state index is 13.1. The summed E-state index contributed by atoms with van der Waals surface area (Å²) in [7, 11) is -3.94. The Labute approximate surface area is 158 Å². The summed E-state index contributed by atoms with van der Waals surface area (Å²) >= 11 is 0. The molecular weight excluding hydrogens is 366 g/mol. The summed E-state index contributed by atoms with van der Waals surface area (Å²) in [5, 5.41) is 2.92. The molecule has 2 aliphatic heterocycles. The number of anilines is 1. The number of sulfonamides is 1. The van der Waals surface area contributed by atoms with E-state index in [1.807, 2.05) is 13.8 Å². The van der Waals surface area contributed by atoms with Gasteiger partial charge in [0.1, 0.15) is 10.7 Å². The van der Waals surface area contributed by atoms with Gasteiger partial charge in [-0.15, -0.1) is 4.40 Å². The minimum Gasteiger partial charge on any atom is -0.341 e. The number of nitrogens with zero attached hydrogens (tertiary/aromatic N) is 2. The normalized spacial score (nSPS) is 26.8. The fourth-order valence-electron chi connectivity index (χ4n) is 3.82. The van der Waals surface area contributed by atoms with E-state index in [9.17, 15) is 18.0 Å². The summed E-state index contributed by atoms with van der Waals surface area (Å²) < 4.78 is 28.8. The van der Waals surface area contributed by atoms with Crippen LogP contribution >= 0.6 is 0 Å². The van der Waals surface area contributed by atoms with Crippen LogP contribution in [-0.2, 0) is 19.6 Å². The molecule has 7 nitrogen and oxygen atoms in total. The summed E-state index contributed by atoms with van der Waals surface area (Å²) in [6.45, 7) is 4.47. The number of carbonyl (C=O) groups is 2. The Morgan fingerprint density at radius 3 is 2.59 bits per heavy atom. The average molecular weight is 389 g/mol. The van der Waals surface area contributed by atoms with Crippen LogP contribution in [0.2, 0.25) is 0 Å². The molecule has 2 fully saturated rings. The molecule has 8 heteroatoms. The third-order valence-corrected chi connectivity index (χ3v) is 6.60. The van der Waals surface area contributed by atoms with Gasteiger partial charge in [-0.3, -0.25) is 9.59 Å². The largest absolute Gasteiger partial charge is 0.341 e. The first-order chi connectivity index (χ1) is 12.8. The fourth-order valence-corrected chi connectivity index (χ4v) is 4.98. The Balaban J connectivity index is 1.70. The van der Waals surface area contributed by atoms with Gasteiger partial charge in [-0.2, -0.15) is 8.42 Å². The number of ketones is 1. The maximum absolute atomic E-state index is 13.1. The van der Waals surface area contributed by atoms with Crippen molar-refractivity contribution in [1.82, 2.24) is 4.90 Å². The van der Waals surface area contributed by atoms with Crippen molar-refractivity contribution in [3.05, 3.63) is 24.3 Å². The first-order valence-electron chi connectivity index (χ1n) is 9.33. The van der Waals surface area contributed by atoms with E-state index < -0.39 is 22.0 Å². The van der Waals surface area contributed by atoms with E-state index in [-0.39, 0.29) is 28.3 Å². The molecule has 1 saturated carbocycles. The van der Waals surface area contributed by atoms with E-state index >= 15 is 0 Å². The third kappa shape index (κ3) is 3.26. The highest BCUT2D eigenvalue weighted by Crippen LogP contribution is 2.39. The van der Waals surface area contributed by atoms with Crippen molar-refractivity contribution < 1.29 is 18.0 Å². The molecule has 1 aromatic rings. The molecule has 2 atom stereocenters. The molecule has 1 saturated heterocycles. The van der Waals surface area contributed by atoms with Gasteiger partial charge >= 0.3 is 0 Å². The van der Waals surface area contributed by atoms with E-state index in [0.29, 0.717) is 24.6 Å². The summed E-state index contributed by atoms with van der Waals surface area (Å²) in [5.41, 5.74) is 0.351. The lowest BCUT2D eigenvalue weighted by molar-refractivity contribution is -0.131. The van der Waals surface area contributed by atoms with Gasteiger partial charge in [-0.1, -0.05) is 38.8 Å². The van der Waals surface area contributed by atoms with Crippen LogP contribution in [0.15, 0.2) is 33.6 Å². The van der Waals surface area contributed by atoms with Crippen LogP contribution in [0, 0.1) is 17.8 Å². The molecule has 1 N–H and O–H groups in total. The van der Waals surface area contributed by atoms with Gasteiger partial charge in [0.05, 0.1) is 11.7 Å². The zero-order valence-corrected chi connectivity index (χ0v) is 16.2. The van der Waals surface area contributed by atoms with Gasteiger partial charge in [0, 0.05) is 6.54 Å². The molecule has 0 radical (unpaired) electrons. The number of amides is 1.